The number of fused-ring (bicyclic) bond motifs is 2. The van der Waals surface area contributed by atoms with Crippen LogP contribution in [0.25, 0.3) is 0 Å². The highest BCUT2D eigenvalue weighted by Gasteiger charge is 2.62. The third kappa shape index (κ3) is 3.77. The van der Waals surface area contributed by atoms with Gasteiger partial charge in [-0.05, 0) is 49.6 Å². The van der Waals surface area contributed by atoms with E-state index in [-0.39, 0.29) is 11.8 Å². The van der Waals surface area contributed by atoms with Crippen LogP contribution in [0.3, 0.4) is 0 Å². The van der Waals surface area contributed by atoms with Gasteiger partial charge in [0.15, 0.2) is 0 Å². The largest absolute Gasteiger partial charge is 0.356 e. The van der Waals surface area contributed by atoms with E-state index < -0.39 is 21.2 Å². The van der Waals surface area contributed by atoms with Crippen molar-refractivity contribution in [3.63, 3.8) is 0 Å². The molecule has 0 aliphatic carbocycles. The molecule has 0 N–H and O–H groups in total. The van der Waals surface area contributed by atoms with Crippen molar-refractivity contribution in [3.05, 3.63) is 132 Å². The van der Waals surface area contributed by atoms with Crippen LogP contribution in [0.5, 0.6) is 0 Å². The van der Waals surface area contributed by atoms with Crippen molar-refractivity contribution in [2.24, 2.45) is 0 Å². The Labute approximate surface area is 209 Å². The molecule has 1 saturated heterocycles. The maximum absolute atomic E-state index is 7.24. The summed E-state index contributed by atoms with van der Waals surface area (Å²) in [4.78, 5) is 0. The molecule has 0 aromatic heterocycles. The van der Waals surface area contributed by atoms with Crippen molar-refractivity contribution in [1.82, 2.24) is 0 Å². The highest BCUT2D eigenvalue weighted by Crippen LogP contribution is 2.69. The maximum atomic E-state index is 7.24. The van der Waals surface area contributed by atoms with Gasteiger partial charge in [-0.1, -0.05) is 133 Å². The first-order valence-corrected chi connectivity index (χ1v) is 14.8. The Morgan fingerprint density at radius 3 is 1.44 bits per heavy atom. The van der Waals surface area contributed by atoms with Crippen LogP contribution in [0.15, 0.2) is 132 Å². The summed E-state index contributed by atoms with van der Waals surface area (Å²) < 4.78 is 7.00. The van der Waals surface area contributed by atoms with Gasteiger partial charge in [0.1, 0.15) is 5.34 Å². The molecule has 0 radical (unpaired) electrons. The fourth-order valence-electron chi connectivity index (χ4n) is 5.30. The minimum absolute atomic E-state index is 0.0624. The van der Waals surface area contributed by atoms with Gasteiger partial charge >= 0.3 is 0 Å². The van der Waals surface area contributed by atoms with Crippen LogP contribution in [0, 0.1) is 0 Å². The molecule has 4 aromatic rings. The number of ether oxygens (including phenoxy) is 1. The Balaban J connectivity index is 1.57. The molecule has 2 aliphatic rings. The van der Waals surface area contributed by atoms with E-state index in [2.05, 4.69) is 127 Å². The summed E-state index contributed by atoms with van der Waals surface area (Å²) in [6.45, 7) is 0. The van der Waals surface area contributed by atoms with Gasteiger partial charge in [-0.3, -0.25) is 0 Å². The summed E-state index contributed by atoms with van der Waals surface area (Å²) >= 11 is 7.24. The topological polar surface area (TPSA) is 9.23 Å². The Morgan fingerprint density at radius 1 is 0.618 bits per heavy atom. The molecule has 0 spiro atoms. The van der Waals surface area contributed by atoms with E-state index in [1.165, 1.54) is 21.2 Å². The van der Waals surface area contributed by atoms with Crippen molar-refractivity contribution >= 4 is 48.7 Å². The van der Waals surface area contributed by atoms with E-state index >= 15 is 0 Å². The van der Waals surface area contributed by atoms with E-state index in [1.54, 1.807) is 0 Å². The SMILES string of the molecule is ClC1=C[C@@H]2C[C@@H](P(c3ccccc3)c3ccccc3)[C@@]1(P(c1ccccc1)c1ccccc1)O2. The average Bonchev–Trinajstić information content (AvgIpc) is 3.41. The third-order valence-corrected chi connectivity index (χ3v) is 13.3. The molecule has 168 valence electrons. The molecule has 4 aromatic carbocycles. The third-order valence-electron chi connectivity index (χ3n) is 6.65. The second kappa shape index (κ2) is 9.41. The average molecular weight is 499 g/mol. The molecule has 2 bridgehead atoms. The number of hydrogen-bond donors (Lipinski definition) is 0. The smallest absolute Gasteiger partial charge is 0.138 e. The second-order valence-corrected chi connectivity index (χ2v) is 13.8. The molecule has 0 unspecified atom stereocenters. The van der Waals surface area contributed by atoms with Crippen molar-refractivity contribution in [2.75, 3.05) is 0 Å². The van der Waals surface area contributed by atoms with E-state index in [1.807, 2.05) is 0 Å². The summed E-state index contributed by atoms with van der Waals surface area (Å²) in [7, 11) is -1.58. The minimum atomic E-state index is -0.893. The molecule has 3 atom stereocenters. The fraction of sp³-hybridized carbons (Fsp3) is 0.133. The second-order valence-electron chi connectivity index (χ2n) is 8.67. The Kier molecular flexibility index (Phi) is 6.15. The quantitative estimate of drug-likeness (QED) is 0.286. The molecule has 6 rings (SSSR count). The molecule has 4 heteroatoms. The Bertz CT molecular complexity index is 1200. The number of halogens is 1. The van der Waals surface area contributed by atoms with E-state index in [9.17, 15) is 0 Å². The van der Waals surface area contributed by atoms with Crippen LogP contribution in [-0.2, 0) is 4.74 Å². The van der Waals surface area contributed by atoms with Gasteiger partial charge in [0.05, 0.1) is 11.1 Å². The highest BCUT2D eigenvalue weighted by molar-refractivity contribution is 7.78. The zero-order valence-corrected chi connectivity index (χ0v) is 21.2. The lowest BCUT2D eigenvalue weighted by Gasteiger charge is -2.44. The van der Waals surface area contributed by atoms with Crippen LogP contribution in [0.1, 0.15) is 6.42 Å². The molecule has 1 nitrogen and oxygen atoms in total. The van der Waals surface area contributed by atoms with Gasteiger partial charge in [0.25, 0.3) is 0 Å². The van der Waals surface area contributed by atoms with Crippen LogP contribution in [-0.4, -0.2) is 17.1 Å². The van der Waals surface area contributed by atoms with Crippen molar-refractivity contribution in [1.29, 1.82) is 0 Å². The Morgan fingerprint density at radius 2 is 1.03 bits per heavy atom. The first kappa shape index (κ1) is 22.2. The summed E-state index contributed by atoms with van der Waals surface area (Å²) in [6.07, 6.45) is 3.22. The zero-order chi connectivity index (χ0) is 23.0. The maximum Gasteiger partial charge on any atom is 0.138 e. The monoisotopic (exact) mass is 498 g/mol. The lowest BCUT2D eigenvalue weighted by atomic mass is 10.1. The first-order valence-electron chi connectivity index (χ1n) is 11.6. The number of rotatable bonds is 6. The van der Waals surface area contributed by atoms with Crippen LogP contribution in [0.4, 0.5) is 0 Å². The molecular formula is C30H25ClOP2. The van der Waals surface area contributed by atoms with Crippen LogP contribution in [0.2, 0.25) is 0 Å². The van der Waals surface area contributed by atoms with Gasteiger partial charge in [0, 0.05) is 5.66 Å². The molecular weight excluding hydrogens is 474 g/mol. The van der Waals surface area contributed by atoms with E-state index in [0.717, 1.165) is 11.5 Å². The predicted molar refractivity (Wildman–Crippen MR) is 148 cm³/mol. The van der Waals surface area contributed by atoms with Gasteiger partial charge in [0.2, 0.25) is 0 Å². The van der Waals surface area contributed by atoms with Crippen LogP contribution >= 0.6 is 27.4 Å². The first-order chi connectivity index (χ1) is 16.8. The van der Waals surface area contributed by atoms with E-state index in [4.69, 9.17) is 16.3 Å². The lowest BCUT2D eigenvalue weighted by molar-refractivity contribution is 0.0936. The summed E-state index contributed by atoms with van der Waals surface area (Å²) in [6, 6.07) is 43.6. The molecule has 2 aliphatic heterocycles. The van der Waals surface area contributed by atoms with Gasteiger partial charge in [-0.15, -0.1) is 0 Å². The van der Waals surface area contributed by atoms with Crippen molar-refractivity contribution in [2.45, 2.75) is 23.5 Å². The number of hydrogen-bond acceptors (Lipinski definition) is 1. The number of benzene rings is 4. The van der Waals surface area contributed by atoms with Crippen LogP contribution < -0.4 is 21.2 Å². The van der Waals surface area contributed by atoms with Crippen molar-refractivity contribution in [3.8, 4) is 0 Å². The molecule has 34 heavy (non-hydrogen) atoms. The lowest BCUT2D eigenvalue weighted by Crippen LogP contribution is -2.44. The van der Waals surface area contributed by atoms with Gasteiger partial charge < -0.3 is 4.74 Å². The van der Waals surface area contributed by atoms with E-state index in [0.29, 0.717) is 0 Å². The molecule has 2 heterocycles. The predicted octanol–water partition coefficient (Wildman–Crippen LogP) is 6.24. The summed E-state index contributed by atoms with van der Waals surface area (Å²) in [5, 5.41) is 5.71. The summed E-state index contributed by atoms with van der Waals surface area (Å²) in [5.41, 5.74) is 0.279. The molecule has 0 saturated carbocycles. The molecule has 0 amide bonds. The fourth-order valence-corrected chi connectivity index (χ4v) is 12.5. The normalized spacial score (nSPS) is 23.4. The zero-order valence-electron chi connectivity index (χ0n) is 18.7. The van der Waals surface area contributed by atoms with Gasteiger partial charge in [-0.2, -0.15) is 0 Å². The highest BCUT2D eigenvalue weighted by atomic mass is 35.5. The minimum Gasteiger partial charge on any atom is -0.356 e. The van der Waals surface area contributed by atoms with Crippen molar-refractivity contribution < 1.29 is 4.74 Å². The van der Waals surface area contributed by atoms with Gasteiger partial charge in [-0.25, -0.2) is 0 Å². The Hall–Kier alpha value is -2.27. The standard InChI is InChI=1S/C30H25ClOP2/c31-28-21-23-22-29(33(24-13-5-1-6-14-24)25-15-7-2-8-16-25)30(28,32-23)34(26-17-9-3-10-18-26)27-19-11-4-12-20-27/h1-21,23,29H,22H2/t23-,29-,30-/m1/s1. The molecule has 1 fully saturated rings. The summed E-state index contributed by atoms with van der Waals surface area (Å²) in [5.74, 6) is 0.